The van der Waals surface area contributed by atoms with Crippen molar-refractivity contribution < 1.29 is 4.79 Å². The van der Waals surface area contributed by atoms with Crippen LogP contribution in [-0.2, 0) is 4.79 Å². The van der Waals surface area contributed by atoms with Crippen LogP contribution in [0.2, 0.25) is 0 Å². The van der Waals surface area contributed by atoms with Gasteiger partial charge in [-0.15, -0.1) is 0 Å². The Morgan fingerprint density at radius 3 is 2.93 bits per heavy atom. The molecular formula is C13H13NO. The van der Waals surface area contributed by atoms with Crippen LogP contribution in [-0.4, -0.2) is 5.78 Å². The number of nitrogens with zero attached hydrogens (tertiary/aromatic N) is 1. The fourth-order valence-corrected chi connectivity index (χ4v) is 2.28. The molecule has 0 aliphatic heterocycles. The quantitative estimate of drug-likeness (QED) is 0.734. The molecule has 0 heterocycles. The Morgan fingerprint density at radius 1 is 1.53 bits per heavy atom. The second kappa shape index (κ2) is 3.86. The molecule has 0 saturated heterocycles. The van der Waals surface area contributed by atoms with Gasteiger partial charge in [-0.05, 0) is 24.1 Å². The monoisotopic (exact) mass is 199 g/mol. The van der Waals surface area contributed by atoms with Crippen LogP contribution in [0, 0.1) is 17.2 Å². The van der Waals surface area contributed by atoms with E-state index in [-0.39, 0.29) is 5.92 Å². The second-order valence-electron chi connectivity index (χ2n) is 4.03. The third kappa shape index (κ3) is 1.66. The highest BCUT2D eigenvalue weighted by Gasteiger charge is 2.38. The fourth-order valence-electron chi connectivity index (χ4n) is 2.28. The van der Waals surface area contributed by atoms with E-state index in [0.717, 1.165) is 12.0 Å². The van der Waals surface area contributed by atoms with Gasteiger partial charge in [0.25, 0.3) is 0 Å². The van der Waals surface area contributed by atoms with E-state index in [0.29, 0.717) is 23.7 Å². The molecule has 2 heteroatoms. The molecule has 1 aromatic carbocycles. The first-order valence-corrected chi connectivity index (χ1v) is 5.29. The Bertz CT molecular complexity index is 430. The van der Waals surface area contributed by atoms with Gasteiger partial charge in [0.2, 0.25) is 0 Å². The first-order valence-electron chi connectivity index (χ1n) is 5.29. The van der Waals surface area contributed by atoms with Gasteiger partial charge in [0.05, 0.1) is 11.6 Å². The summed E-state index contributed by atoms with van der Waals surface area (Å²) in [5, 5.41) is 8.79. The van der Waals surface area contributed by atoms with Gasteiger partial charge in [-0.3, -0.25) is 4.79 Å². The zero-order valence-electron chi connectivity index (χ0n) is 8.73. The van der Waals surface area contributed by atoms with Crippen molar-refractivity contribution >= 4 is 5.78 Å². The molecule has 15 heavy (non-hydrogen) atoms. The van der Waals surface area contributed by atoms with Gasteiger partial charge in [0, 0.05) is 18.3 Å². The molecule has 0 spiro atoms. The van der Waals surface area contributed by atoms with Crippen LogP contribution in [0.4, 0.5) is 0 Å². The molecule has 2 nitrogen and oxygen atoms in total. The SMILES string of the molecule is CCC1C(=O)CC1c1cccc(C#N)c1. The highest BCUT2D eigenvalue weighted by Crippen LogP contribution is 2.41. The van der Waals surface area contributed by atoms with Gasteiger partial charge in [-0.1, -0.05) is 19.1 Å². The van der Waals surface area contributed by atoms with E-state index in [9.17, 15) is 4.79 Å². The zero-order chi connectivity index (χ0) is 10.8. The molecule has 1 fully saturated rings. The van der Waals surface area contributed by atoms with Crippen LogP contribution in [0.25, 0.3) is 0 Å². The summed E-state index contributed by atoms with van der Waals surface area (Å²) >= 11 is 0. The minimum Gasteiger partial charge on any atom is -0.299 e. The molecule has 1 aliphatic carbocycles. The lowest BCUT2D eigenvalue weighted by Gasteiger charge is -2.34. The normalized spacial score (nSPS) is 24.4. The highest BCUT2D eigenvalue weighted by molar-refractivity contribution is 5.89. The topological polar surface area (TPSA) is 40.9 Å². The molecule has 2 rings (SSSR count). The highest BCUT2D eigenvalue weighted by atomic mass is 16.1. The minimum atomic E-state index is 0.180. The molecule has 1 aromatic rings. The van der Waals surface area contributed by atoms with E-state index in [1.54, 1.807) is 6.07 Å². The summed E-state index contributed by atoms with van der Waals surface area (Å²) < 4.78 is 0. The average molecular weight is 199 g/mol. The Hall–Kier alpha value is -1.62. The molecule has 1 saturated carbocycles. The molecular weight excluding hydrogens is 186 g/mol. The number of ketones is 1. The Balaban J connectivity index is 2.24. The summed E-state index contributed by atoms with van der Waals surface area (Å²) in [7, 11) is 0. The first kappa shape index (κ1) is 9.92. The van der Waals surface area contributed by atoms with Crippen molar-refractivity contribution in [3.8, 4) is 6.07 Å². The van der Waals surface area contributed by atoms with Crippen LogP contribution >= 0.6 is 0 Å². The first-order chi connectivity index (χ1) is 7.26. The number of Topliss-reactive ketones (excluding diaryl/α,β-unsaturated/α-hetero) is 1. The standard InChI is InChI=1S/C13H13NO/c1-2-11-12(7-13(11)15)10-5-3-4-9(6-10)8-14/h3-6,11-12H,2,7H2,1H3. The maximum atomic E-state index is 11.3. The van der Waals surface area contributed by atoms with Crippen molar-refractivity contribution in [3.63, 3.8) is 0 Å². The molecule has 0 bridgehead atoms. The van der Waals surface area contributed by atoms with E-state index >= 15 is 0 Å². The smallest absolute Gasteiger partial charge is 0.137 e. The summed E-state index contributed by atoms with van der Waals surface area (Å²) in [6, 6.07) is 9.74. The number of carbonyl (C=O) groups excluding carboxylic acids is 1. The second-order valence-corrected chi connectivity index (χ2v) is 4.03. The van der Waals surface area contributed by atoms with Crippen LogP contribution in [0.1, 0.15) is 36.8 Å². The fraction of sp³-hybridized carbons (Fsp3) is 0.385. The number of benzene rings is 1. The van der Waals surface area contributed by atoms with Crippen molar-refractivity contribution in [2.24, 2.45) is 5.92 Å². The number of hydrogen-bond donors (Lipinski definition) is 0. The summed E-state index contributed by atoms with van der Waals surface area (Å²) in [5.74, 6) is 0.889. The van der Waals surface area contributed by atoms with Gasteiger partial charge in [-0.2, -0.15) is 5.26 Å². The Morgan fingerprint density at radius 2 is 2.33 bits per heavy atom. The maximum absolute atomic E-state index is 11.3. The van der Waals surface area contributed by atoms with Crippen LogP contribution < -0.4 is 0 Å². The number of carbonyl (C=O) groups is 1. The van der Waals surface area contributed by atoms with Crippen molar-refractivity contribution in [2.75, 3.05) is 0 Å². The molecule has 2 unspecified atom stereocenters. The molecule has 0 aromatic heterocycles. The summed E-state index contributed by atoms with van der Waals surface area (Å²) in [6.45, 7) is 2.04. The van der Waals surface area contributed by atoms with E-state index in [1.807, 2.05) is 25.1 Å². The van der Waals surface area contributed by atoms with E-state index in [2.05, 4.69) is 6.07 Å². The van der Waals surface area contributed by atoms with Crippen LogP contribution in [0.3, 0.4) is 0 Å². The lowest BCUT2D eigenvalue weighted by Crippen LogP contribution is -2.34. The van der Waals surface area contributed by atoms with Gasteiger partial charge in [0.1, 0.15) is 5.78 Å². The minimum absolute atomic E-state index is 0.180. The molecule has 0 N–H and O–H groups in total. The van der Waals surface area contributed by atoms with Crippen LogP contribution in [0.5, 0.6) is 0 Å². The van der Waals surface area contributed by atoms with Gasteiger partial charge < -0.3 is 0 Å². The number of hydrogen-bond acceptors (Lipinski definition) is 2. The summed E-state index contributed by atoms with van der Waals surface area (Å²) in [6.07, 6.45) is 1.55. The Labute approximate surface area is 89.5 Å². The predicted octanol–water partition coefficient (Wildman–Crippen LogP) is 2.64. The van der Waals surface area contributed by atoms with E-state index < -0.39 is 0 Å². The summed E-state index contributed by atoms with van der Waals surface area (Å²) in [5.41, 5.74) is 1.82. The Kier molecular flexibility index (Phi) is 2.55. The van der Waals surface area contributed by atoms with E-state index in [1.165, 1.54) is 0 Å². The lowest BCUT2D eigenvalue weighted by atomic mass is 9.67. The van der Waals surface area contributed by atoms with E-state index in [4.69, 9.17) is 5.26 Å². The van der Waals surface area contributed by atoms with Crippen molar-refractivity contribution in [2.45, 2.75) is 25.7 Å². The van der Waals surface area contributed by atoms with Gasteiger partial charge >= 0.3 is 0 Å². The molecule has 76 valence electrons. The largest absolute Gasteiger partial charge is 0.299 e. The predicted molar refractivity (Wildman–Crippen MR) is 57.3 cm³/mol. The summed E-state index contributed by atoms with van der Waals surface area (Å²) in [4.78, 5) is 11.3. The van der Waals surface area contributed by atoms with Crippen molar-refractivity contribution in [3.05, 3.63) is 35.4 Å². The zero-order valence-corrected chi connectivity index (χ0v) is 8.73. The van der Waals surface area contributed by atoms with Crippen molar-refractivity contribution in [1.29, 1.82) is 5.26 Å². The average Bonchev–Trinajstić information content (AvgIpc) is 2.26. The number of rotatable bonds is 2. The maximum Gasteiger partial charge on any atom is 0.137 e. The molecule has 2 atom stereocenters. The molecule has 0 amide bonds. The van der Waals surface area contributed by atoms with Crippen molar-refractivity contribution in [1.82, 2.24) is 0 Å². The third-order valence-electron chi connectivity index (χ3n) is 3.20. The van der Waals surface area contributed by atoms with Gasteiger partial charge in [-0.25, -0.2) is 0 Å². The molecule has 1 aliphatic rings. The molecule has 0 radical (unpaired) electrons. The van der Waals surface area contributed by atoms with Crippen LogP contribution in [0.15, 0.2) is 24.3 Å². The number of nitriles is 1. The lowest BCUT2D eigenvalue weighted by molar-refractivity contribution is -0.131. The third-order valence-corrected chi connectivity index (χ3v) is 3.20. The van der Waals surface area contributed by atoms with Gasteiger partial charge in [0.15, 0.2) is 0 Å².